The van der Waals surface area contributed by atoms with Crippen molar-refractivity contribution >= 4 is 41.2 Å². The van der Waals surface area contributed by atoms with E-state index in [-0.39, 0.29) is 18.6 Å². The molecule has 0 saturated heterocycles. The summed E-state index contributed by atoms with van der Waals surface area (Å²) in [5.41, 5.74) is 3.25. The van der Waals surface area contributed by atoms with E-state index in [0.29, 0.717) is 22.0 Å². The van der Waals surface area contributed by atoms with Crippen molar-refractivity contribution in [2.24, 2.45) is 5.10 Å². The lowest BCUT2D eigenvalue weighted by atomic mass is 10.2. The average Bonchev–Trinajstić information content (AvgIpc) is 2.68. The van der Waals surface area contributed by atoms with Crippen molar-refractivity contribution in [1.82, 2.24) is 10.7 Å². The first-order valence-corrected chi connectivity index (χ1v) is 9.14. The molecule has 0 spiro atoms. The summed E-state index contributed by atoms with van der Waals surface area (Å²) in [5, 5.41) is 9.29. The highest BCUT2D eigenvalue weighted by Gasteiger charge is 2.13. The standard InChI is InChI=1S/C20H21ClN4O4/c1-13(2)23-19(27)20(28)25-22-11-14-6-5-7-15(10-14)29-12-18(26)24-17-9-4-3-8-16(17)21/h3-11,13H,12H2,1-2H3,(H,23,27)(H,24,26)(H,25,28)/b22-11-. The third-order valence-corrected chi connectivity index (χ3v) is 3.71. The fraction of sp³-hybridized carbons (Fsp3) is 0.200. The van der Waals surface area contributed by atoms with Crippen LogP contribution in [0, 0.1) is 0 Å². The number of rotatable bonds is 7. The SMILES string of the molecule is CC(C)NC(=O)C(=O)N/N=C\c1cccc(OCC(=O)Nc2ccccc2Cl)c1. The number of halogens is 1. The Morgan fingerprint density at radius 3 is 2.59 bits per heavy atom. The predicted molar refractivity (Wildman–Crippen MR) is 111 cm³/mol. The van der Waals surface area contributed by atoms with Gasteiger partial charge in [0, 0.05) is 6.04 Å². The number of nitrogens with zero attached hydrogens (tertiary/aromatic N) is 1. The number of carbonyl (C=O) groups excluding carboxylic acids is 3. The van der Waals surface area contributed by atoms with Gasteiger partial charge < -0.3 is 15.4 Å². The molecule has 0 radical (unpaired) electrons. The summed E-state index contributed by atoms with van der Waals surface area (Å²) in [4.78, 5) is 35.1. The lowest BCUT2D eigenvalue weighted by Crippen LogP contribution is -2.41. The van der Waals surface area contributed by atoms with E-state index < -0.39 is 11.8 Å². The molecule has 152 valence electrons. The molecule has 0 aliphatic heterocycles. The number of para-hydroxylation sites is 1. The third kappa shape index (κ3) is 7.63. The van der Waals surface area contributed by atoms with Crippen LogP contribution in [0.5, 0.6) is 5.75 Å². The van der Waals surface area contributed by atoms with Gasteiger partial charge in [-0.05, 0) is 43.7 Å². The fourth-order valence-corrected chi connectivity index (χ4v) is 2.31. The van der Waals surface area contributed by atoms with Gasteiger partial charge in [-0.25, -0.2) is 5.43 Å². The molecule has 0 atom stereocenters. The lowest BCUT2D eigenvalue weighted by molar-refractivity contribution is -0.139. The van der Waals surface area contributed by atoms with Crippen LogP contribution in [0.1, 0.15) is 19.4 Å². The number of anilines is 1. The van der Waals surface area contributed by atoms with Gasteiger partial charge in [0.25, 0.3) is 5.91 Å². The Hall–Kier alpha value is -3.39. The van der Waals surface area contributed by atoms with E-state index in [1.165, 1.54) is 6.21 Å². The second-order valence-corrected chi connectivity index (χ2v) is 6.62. The zero-order chi connectivity index (χ0) is 21.2. The third-order valence-electron chi connectivity index (χ3n) is 3.38. The first-order valence-electron chi connectivity index (χ1n) is 8.76. The van der Waals surface area contributed by atoms with Crippen LogP contribution in [-0.2, 0) is 14.4 Å². The van der Waals surface area contributed by atoms with Crippen molar-refractivity contribution in [2.45, 2.75) is 19.9 Å². The normalized spacial score (nSPS) is 10.6. The molecule has 3 N–H and O–H groups in total. The summed E-state index contributed by atoms with van der Waals surface area (Å²) in [5.74, 6) is -1.55. The number of hydrazone groups is 1. The summed E-state index contributed by atoms with van der Waals surface area (Å²) >= 11 is 6.00. The summed E-state index contributed by atoms with van der Waals surface area (Å²) in [6, 6.07) is 13.5. The van der Waals surface area contributed by atoms with Crippen LogP contribution in [0.25, 0.3) is 0 Å². The van der Waals surface area contributed by atoms with Crippen molar-refractivity contribution < 1.29 is 19.1 Å². The number of carbonyl (C=O) groups is 3. The van der Waals surface area contributed by atoms with Gasteiger partial charge in [0.05, 0.1) is 16.9 Å². The highest BCUT2D eigenvalue weighted by Crippen LogP contribution is 2.20. The molecule has 0 unspecified atom stereocenters. The molecule has 0 saturated carbocycles. The monoisotopic (exact) mass is 416 g/mol. The van der Waals surface area contributed by atoms with Crippen molar-refractivity contribution in [3.8, 4) is 5.75 Å². The number of amides is 3. The molecule has 0 heterocycles. The van der Waals surface area contributed by atoms with Gasteiger partial charge in [-0.3, -0.25) is 14.4 Å². The number of hydrogen-bond acceptors (Lipinski definition) is 5. The highest BCUT2D eigenvalue weighted by molar-refractivity contribution is 6.35. The maximum absolute atomic E-state index is 12.0. The summed E-state index contributed by atoms with van der Waals surface area (Å²) in [7, 11) is 0. The fourth-order valence-electron chi connectivity index (χ4n) is 2.13. The first kappa shape index (κ1) is 21.9. The smallest absolute Gasteiger partial charge is 0.329 e. The number of benzene rings is 2. The van der Waals surface area contributed by atoms with Gasteiger partial charge in [-0.1, -0.05) is 35.9 Å². The number of nitrogens with one attached hydrogen (secondary N) is 3. The molecule has 0 aliphatic rings. The van der Waals surface area contributed by atoms with E-state index in [1.807, 2.05) is 0 Å². The Balaban J connectivity index is 1.86. The van der Waals surface area contributed by atoms with Gasteiger partial charge in [0.2, 0.25) is 0 Å². The van der Waals surface area contributed by atoms with Crippen LogP contribution < -0.4 is 20.8 Å². The molecule has 0 fully saturated rings. The zero-order valence-electron chi connectivity index (χ0n) is 15.9. The summed E-state index contributed by atoms with van der Waals surface area (Å²) < 4.78 is 5.46. The molecule has 29 heavy (non-hydrogen) atoms. The van der Waals surface area contributed by atoms with E-state index in [4.69, 9.17) is 16.3 Å². The maximum atomic E-state index is 12.0. The van der Waals surface area contributed by atoms with Gasteiger partial charge in [-0.2, -0.15) is 5.10 Å². The minimum atomic E-state index is -0.862. The second-order valence-electron chi connectivity index (χ2n) is 6.22. The molecule has 2 rings (SSSR count). The lowest BCUT2D eigenvalue weighted by Gasteiger charge is -2.09. The van der Waals surface area contributed by atoms with E-state index in [2.05, 4.69) is 21.2 Å². The average molecular weight is 417 g/mol. The minimum absolute atomic E-state index is 0.152. The molecule has 0 bridgehead atoms. The molecule has 3 amide bonds. The molecular weight excluding hydrogens is 396 g/mol. The molecule has 0 aromatic heterocycles. The summed E-state index contributed by atoms with van der Waals surface area (Å²) in [6.07, 6.45) is 1.36. The predicted octanol–water partition coefficient (Wildman–Crippen LogP) is 2.33. The van der Waals surface area contributed by atoms with Crippen molar-refractivity contribution in [2.75, 3.05) is 11.9 Å². The Labute approximate surface area is 173 Å². The van der Waals surface area contributed by atoms with Gasteiger partial charge in [0.1, 0.15) is 5.75 Å². The van der Waals surface area contributed by atoms with Crippen LogP contribution in [0.2, 0.25) is 5.02 Å². The Morgan fingerprint density at radius 2 is 1.86 bits per heavy atom. The Morgan fingerprint density at radius 1 is 1.10 bits per heavy atom. The van der Waals surface area contributed by atoms with Crippen molar-refractivity contribution in [3.05, 3.63) is 59.1 Å². The molecule has 9 heteroatoms. The van der Waals surface area contributed by atoms with E-state index in [1.54, 1.807) is 62.4 Å². The molecule has 0 aliphatic carbocycles. The molecular formula is C20H21ClN4O4. The Kier molecular flexibility index (Phi) is 8.17. The molecule has 8 nitrogen and oxygen atoms in total. The number of hydrogen-bond donors (Lipinski definition) is 3. The zero-order valence-corrected chi connectivity index (χ0v) is 16.7. The van der Waals surface area contributed by atoms with Gasteiger partial charge in [0.15, 0.2) is 6.61 Å². The van der Waals surface area contributed by atoms with Crippen LogP contribution in [-0.4, -0.2) is 36.6 Å². The minimum Gasteiger partial charge on any atom is -0.484 e. The van der Waals surface area contributed by atoms with Crippen LogP contribution in [0.15, 0.2) is 53.6 Å². The topological polar surface area (TPSA) is 109 Å². The quantitative estimate of drug-likeness (QED) is 0.365. The van der Waals surface area contributed by atoms with Crippen molar-refractivity contribution in [3.63, 3.8) is 0 Å². The molecule has 2 aromatic rings. The van der Waals surface area contributed by atoms with Crippen molar-refractivity contribution in [1.29, 1.82) is 0 Å². The second kappa shape index (κ2) is 10.8. The number of ether oxygens (including phenoxy) is 1. The van der Waals surface area contributed by atoms with Gasteiger partial charge >= 0.3 is 11.8 Å². The molecule has 2 aromatic carbocycles. The van der Waals surface area contributed by atoms with Crippen LogP contribution >= 0.6 is 11.6 Å². The van der Waals surface area contributed by atoms with Crippen LogP contribution in [0.3, 0.4) is 0 Å². The van der Waals surface area contributed by atoms with Crippen LogP contribution in [0.4, 0.5) is 5.69 Å². The van der Waals surface area contributed by atoms with Gasteiger partial charge in [-0.15, -0.1) is 0 Å². The summed E-state index contributed by atoms with van der Waals surface area (Å²) in [6.45, 7) is 3.28. The Bertz CT molecular complexity index is 915. The highest BCUT2D eigenvalue weighted by atomic mass is 35.5. The first-order chi connectivity index (χ1) is 13.8. The van der Waals surface area contributed by atoms with E-state index >= 15 is 0 Å². The largest absolute Gasteiger partial charge is 0.484 e. The maximum Gasteiger partial charge on any atom is 0.329 e. The van der Waals surface area contributed by atoms with E-state index in [9.17, 15) is 14.4 Å². The van der Waals surface area contributed by atoms with E-state index in [0.717, 1.165) is 0 Å².